The van der Waals surface area contributed by atoms with E-state index in [2.05, 4.69) is 9.47 Å². The highest BCUT2D eigenvalue weighted by Crippen LogP contribution is 2.17. The van der Waals surface area contributed by atoms with Gasteiger partial charge < -0.3 is 20.4 Å². The van der Waals surface area contributed by atoms with Crippen molar-refractivity contribution in [3.05, 3.63) is 34.4 Å². The Morgan fingerprint density at radius 2 is 1.76 bits per heavy atom. The molecular weight excluding hydrogens is 284 g/mol. The second-order valence-electron chi connectivity index (χ2n) is 3.98. The molecule has 0 saturated heterocycles. The van der Waals surface area contributed by atoms with Crippen LogP contribution in [-0.2, 0) is 14.3 Å². The SMILES string of the molecule is CC(C)C(=O)OCOC(=O)Oc1ccc([N+](=O)[O-])cc1.N. The quantitative estimate of drug-likeness (QED) is 0.287. The van der Waals surface area contributed by atoms with E-state index < -0.39 is 23.8 Å². The van der Waals surface area contributed by atoms with Gasteiger partial charge in [-0.15, -0.1) is 0 Å². The number of ether oxygens (including phenoxy) is 3. The lowest BCUT2D eigenvalue weighted by molar-refractivity contribution is -0.384. The van der Waals surface area contributed by atoms with Gasteiger partial charge in [0.15, 0.2) is 0 Å². The zero-order chi connectivity index (χ0) is 15.1. The van der Waals surface area contributed by atoms with Gasteiger partial charge in [-0.25, -0.2) is 4.79 Å². The lowest BCUT2D eigenvalue weighted by Gasteiger charge is -2.08. The van der Waals surface area contributed by atoms with E-state index in [-0.39, 0.29) is 23.5 Å². The topological polar surface area (TPSA) is 140 Å². The lowest BCUT2D eigenvalue weighted by atomic mass is 10.2. The smallest absolute Gasteiger partial charge is 0.427 e. The molecule has 0 aliphatic heterocycles. The minimum absolute atomic E-state index is 0. The van der Waals surface area contributed by atoms with Gasteiger partial charge in [-0.05, 0) is 12.1 Å². The molecule has 3 N–H and O–H groups in total. The summed E-state index contributed by atoms with van der Waals surface area (Å²) in [6.07, 6.45) is -1.07. The fourth-order valence-electron chi connectivity index (χ4n) is 1.06. The maximum atomic E-state index is 11.2. The van der Waals surface area contributed by atoms with Gasteiger partial charge in [0.2, 0.25) is 6.79 Å². The first-order chi connectivity index (χ1) is 9.40. The third kappa shape index (κ3) is 6.34. The Balaban J connectivity index is 0.00000400. The van der Waals surface area contributed by atoms with Gasteiger partial charge in [-0.2, -0.15) is 0 Å². The largest absolute Gasteiger partial charge is 0.516 e. The van der Waals surface area contributed by atoms with Crippen molar-refractivity contribution in [2.24, 2.45) is 5.92 Å². The number of esters is 1. The molecule has 0 aliphatic rings. The molecule has 9 nitrogen and oxygen atoms in total. The summed E-state index contributed by atoms with van der Waals surface area (Å²) in [5.41, 5.74) is -0.128. The summed E-state index contributed by atoms with van der Waals surface area (Å²) in [7, 11) is 0. The molecule has 0 radical (unpaired) electrons. The van der Waals surface area contributed by atoms with Crippen molar-refractivity contribution < 1.29 is 28.7 Å². The minimum atomic E-state index is -1.07. The number of carbonyl (C=O) groups is 2. The third-order valence-corrected chi connectivity index (χ3v) is 2.10. The van der Waals surface area contributed by atoms with Crippen molar-refractivity contribution in [3.63, 3.8) is 0 Å². The average Bonchev–Trinajstić information content (AvgIpc) is 2.39. The van der Waals surface area contributed by atoms with Gasteiger partial charge in [0, 0.05) is 12.1 Å². The fourth-order valence-corrected chi connectivity index (χ4v) is 1.06. The van der Waals surface area contributed by atoms with E-state index in [9.17, 15) is 19.7 Å². The second-order valence-corrected chi connectivity index (χ2v) is 3.98. The van der Waals surface area contributed by atoms with Crippen LogP contribution in [-0.4, -0.2) is 23.8 Å². The molecule has 0 heterocycles. The predicted molar refractivity (Wildman–Crippen MR) is 71.0 cm³/mol. The number of nitro benzene ring substituents is 1. The molecule has 0 aliphatic carbocycles. The molecule has 0 saturated carbocycles. The predicted octanol–water partition coefficient (Wildman–Crippen LogP) is 2.43. The van der Waals surface area contributed by atoms with Crippen molar-refractivity contribution in [2.45, 2.75) is 13.8 Å². The molecular formula is C12H16N2O7. The molecule has 21 heavy (non-hydrogen) atoms. The number of hydrogen-bond acceptors (Lipinski definition) is 8. The second kappa shape index (κ2) is 8.48. The van der Waals surface area contributed by atoms with Crippen molar-refractivity contribution >= 4 is 17.8 Å². The Labute approximate surface area is 120 Å². The maximum absolute atomic E-state index is 11.2. The molecule has 0 spiro atoms. The van der Waals surface area contributed by atoms with E-state index in [1.807, 2.05) is 0 Å². The highest BCUT2D eigenvalue weighted by atomic mass is 16.8. The van der Waals surface area contributed by atoms with Crippen molar-refractivity contribution in [1.29, 1.82) is 0 Å². The Morgan fingerprint density at radius 1 is 1.19 bits per heavy atom. The van der Waals surface area contributed by atoms with Crippen LogP contribution in [0.5, 0.6) is 5.75 Å². The van der Waals surface area contributed by atoms with Crippen LogP contribution >= 0.6 is 0 Å². The molecule has 1 aromatic carbocycles. The van der Waals surface area contributed by atoms with E-state index in [1.54, 1.807) is 13.8 Å². The monoisotopic (exact) mass is 300 g/mol. The van der Waals surface area contributed by atoms with Crippen LogP contribution in [0.25, 0.3) is 0 Å². The van der Waals surface area contributed by atoms with Crippen LogP contribution in [0.15, 0.2) is 24.3 Å². The van der Waals surface area contributed by atoms with Crippen LogP contribution in [0.2, 0.25) is 0 Å². The van der Waals surface area contributed by atoms with Gasteiger partial charge in [0.05, 0.1) is 10.8 Å². The number of benzene rings is 1. The van der Waals surface area contributed by atoms with E-state index in [4.69, 9.17) is 4.74 Å². The molecule has 0 atom stereocenters. The minimum Gasteiger partial charge on any atom is -0.427 e. The number of nitrogens with zero attached hydrogens (tertiary/aromatic N) is 1. The van der Waals surface area contributed by atoms with E-state index in [0.717, 1.165) is 0 Å². The first-order valence-corrected chi connectivity index (χ1v) is 5.66. The summed E-state index contributed by atoms with van der Waals surface area (Å²) < 4.78 is 13.8. The Morgan fingerprint density at radius 3 is 2.24 bits per heavy atom. The standard InChI is InChI=1S/C12H13NO7.H3N/c1-8(2)11(14)18-7-19-12(15)20-10-5-3-9(4-6-10)13(16)17;/h3-6,8H,7H2,1-2H3;1H3. The maximum Gasteiger partial charge on any atom is 0.516 e. The van der Waals surface area contributed by atoms with Gasteiger partial charge >= 0.3 is 12.1 Å². The molecule has 1 aromatic rings. The summed E-state index contributed by atoms with van der Waals surface area (Å²) in [5.74, 6) is -0.756. The van der Waals surface area contributed by atoms with Gasteiger partial charge in [0.1, 0.15) is 5.75 Å². The molecule has 0 fully saturated rings. The lowest BCUT2D eigenvalue weighted by Crippen LogP contribution is -2.18. The zero-order valence-electron chi connectivity index (χ0n) is 11.6. The van der Waals surface area contributed by atoms with Crippen molar-refractivity contribution in [2.75, 3.05) is 6.79 Å². The highest BCUT2D eigenvalue weighted by molar-refractivity contribution is 5.71. The summed E-state index contributed by atoms with van der Waals surface area (Å²) in [6, 6.07) is 4.86. The molecule has 1 rings (SSSR count). The Hall–Kier alpha value is -2.68. The molecule has 0 unspecified atom stereocenters. The van der Waals surface area contributed by atoms with Crippen LogP contribution in [0.3, 0.4) is 0 Å². The summed E-state index contributed by atoms with van der Waals surface area (Å²) in [6.45, 7) is 2.72. The summed E-state index contributed by atoms with van der Waals surface area (Å²) in [5, 5.41) is 10.4. The van der Waals surface area contributed by atoms with Crippen LogP contribution in [0, 0.1) is 16.0 Å². The van der Waals surface area contributed by atoms with E-state index in [1.165, 1.54) is 24.3 Å². The Bertz CT molecular complexity index is 499. The molecule has 0 aromatic heterocycles. The summed E-state index contributed by atoms with van der Waals surface area (Å²) >= 11 is 0. The molecule has 0 amide bonds. The van der Waals surface area contributed by atoms with Gasteiger partial charge in [-0.1, -0.05) is 13.8 Å². The third-order valence-electron chi connectivity index (χ3n) is 2.10. The number of hydrogen-bond donors (Lipinski definition) is 1. The molecule has 9 heteroatoms. The number of non-ortho nitro benzene ring substituents is 1. The van der Waals surface area contributed by atoms with Crippen LogP contribution < -0.4 is 10.9 Å². The Kier molecular flexibility index (Phi) is 7.40. The van der Waals surface area contributed by atoms with E-state index >= 15 is 0 Å². The average molecular weight is 300 g/mol. The van der Waals surface area contributed by atoms with Gasteiger partial charge in [0.25, 0.3) is 5.69 Å². The van der Waals surface area contributed by atoms with Gasteiger partial charge in [-0.3, -0.25) is 14.9 Å². The van der Waals surface area contributed by atoms with Crippen LogP contribution in [0.4, 0.5) is 10.5 Å². The summed E-state index contributed by atoms with van der Waals surface area (Å²) in [4.78, 5) is 32.1. The van der Waals surface area contributed by atoms with Crippen LogP contribution in [0.1, 0.15) is 13.8 Å². The first kappa shape index (κ1) is 18.3. The normalized spacial score (nSPS) is 9.48. The number of carbonyl (C=O) groups excluding carboxylic acids is 2. The zero-order valence-corrected chi connectivity index (χ0v) is 11.6. The highest BCUT2D eigenvalue weighted by Gasteiger charge is 2.12. The van der Waals surface area contributed by atoms with Crippen molar-refractivity contribution in [1.82, 2.24) is 6.15 Å². The fraction of sp³-hybridized carbons (Fsp3) is 0.333. The first-order valence-electron chi connectivity index (χ1n) is 5.66. The molecule has 116 valence electrons. The van der Waals surface area contributed by atoms with Crippen molar-refractivity contribution in [3.8, 4) is 5.75 Å². The number of rotatable bonds is 5. The van der Waals surface area contributed by atoms with E-state index in [0.29, 0.717) is 0 Å². The number of nitro groups is 1. The molecule has 0 bridgehead atoms.